The van der Waals surface area contributed by atoms with Crippen LogP contribution in [0.1, 0.15) is 26.3 Å². The van der Waals surface area contributed by atoms with E-state index in [1.54, 1.807) is 0 Å². The van der Waals surface area contributed by atoms with E-state index in [1.807, 2.05) is 0 Å². The Kier molecular flexibility index (Phi) is 9.89. The molecule has 1 heterocycles. The van der Waals surface area contributed by atoms with E-state index in [-0.39, 0.29) is 29.4 Å². The molecule has 2 rings (SSSR count). The first-order valence-corrected chi connectivity index (χ1v) is 9.39. The molecule has 0 saturated carbocycles. The van der Waals surface area contributed by atoms with Gasteiger partial charge in [-0.1, -0.05) is 44.2 Å². The Morgan fingerprint density at radius 1 is 1.15 bits per heavy atom. The van der Waals surface area contributed by atoms with Crippen LogP contribution in [-0.4, -0.2) is 75.2 Å². The molecule has 1 aromatic carbocycles. The molecular formula is C20H36IN5. The van der Waals surface area contributed by atoms with Gasteiger partial charge in [0.05, 0.1) is 6.54 Å². The minimum absolute atomic E-state index is 0. The van der Waals surface area contributed by atoms with Crippen LogP contribution >= 0.6 is 24.0 Å². The quantitative estimate of drug-likeness (QED) is 0.379. The lowest BCUT2D eigenvalue weighted by Crippen LogP contribution is -2.55. The molecule has 1 aliphatic heterocycles. The fraction of sp³-hybridized carbons (Fsp3) is 0.650. The lowest BCUT2D eigenvalue weighted by molar-refractivity contribution is 0.116. The van der Waals surface area contributed by atoms with E-state index in [0.717, 1.165) is 45.2 Å². The zero-order valence-electron chi connectivity index (χ0n) is 17.0. The van der Waals surface area contributed by atoms with Gasteiger partial charge in [0.25, 0.3) is 0 Å². The van der Waals surface area contributed by atoms with Gasteiger partial charge in [0.15, 0.2) is 5.96 Å². The average molecular weight is 473 g/mol. The third-order valence-electron chi connectivity index (χ3n) is 5.02. The van der Waals surface area contributed by atoms with Gasteiger partial charge in [-0.3, -0.25) is 9.89 Å². The monoisotopic (exact) mass is 473 g/mol. The minimum Gasteiger partial charge on any atom is -0.357 e. The van der Waals surface area contributed by atoms with E-state index in [2.05, 4.69) is 85.6 Å². The third-order valence-corrected chi connectivity index (χ3v) is 5.02. The lowest BCUT2D eigenvalue weighted by atomic mass is 9.85. The van der Waals surface area contributed by atoms with Crippen LogP contribution < -0.4 is 10.6 Å². The van der Waals surface area contributed by atoms with E-state index < -0.39 is 0 Å². The summed E-state index contributed by atoms with van der Waals surface area (Å²) in [7, 11) is 4.41. The number of hydrogen-bond donors (Lipinski definition) is 2. The maximum Gasteiger partial charge on any atom is 0.191 e. The van der Waals surface area contributed by atoms with Gasteiger partial charge in [-0.2, -0.15) is 0 Å². The van der Waals surface area contributed by atoms with Crippen molar-refractivity contribution in [3.63, 3.8) is 0 Å². The van der Waals surface area contributed by atoms with Crippen molar-refractivity contribution in [1.82, 2.24) is 20.4 Å². The number of benzene rings is 1. The number of guanidine groups is 1. The van der Waals surface area contributed by atoms with Crippen LogP contribution in [0.2, 0.25) is 0 Å². The second-order valence-corrected chi connectivity index (χ2v) is 7.72. The van der Waals surface area contributed by atoms with Crippen LogP contribution in [0.4, 0.5) is 0 Å². The summed E-state index contributed by atoms with van der Waals surface area (Å²) < 4.78 is 0. The SMILES string of the molecule is CCNC(=NCC(C)(C)c1ccccc1)NCC1CN(C)CCN1C.I. The Morgan fingerprint density at radius 2 is 1.85 bits per heavy atom. The summed E-state index contributed by atoms with van der Waals surface area (Å²) in [6.07, 6.45) is 0. The van der Waals surface area contributed by atoms with E-state index in [0.29, 0.717) is 6.04 Å². The van der Waals surface area contributed by atoms with Crippen LogP contribution in [-0.2, 0) is 5.41 Å². The van der Waals surface area contributed by atoms with Crippen molar-refractivity contribution in [3.8, 4) is 0 Å². The molecule has 1 fully saturated rings. The van der Waals surface area contributed by atoms with Gasteiger partial charge in [-0.25, -0.2) is 0 Å². The summed E-state index contributed by atoms with van der Waals surface area (Å²) in [6, 6.07) is 11.1. The molecule has 26 heavy (non-hydrogen) atoms. The Morgan fingerprint density at radius 3 is 2.50 bits per heavy atom. The molecule has 0 spiro atoms. The molecule has 1 aliphatic rings. The van der Waals surface area contributed by atoms with Crippen LogP contribution in [0.5, 0.6) is 0 Å². The molecule has 0 amide bonds. The number of likely N-dealkylation sites (N-methyl/N-ethyl adjacent to an activating group) is 2. The Bertz CT molecular complexity index is 546. The molecule has 0 aromatic heterocycles. The largest absolute Gasteiger partial charge is 0.357 e. The molecule has 0 bridgehead atoms. The van der Waals surface area contributed by atoms with Crippen LogP contribution in [0.25, 0.3) is 0 Å². The van der Waals surface area contributed by atoms with Crippen LogP contribution in [0.15, 0.2) is 35.3 Å². The number of piperazine rings is 1. The highest BCUT2D eigenvalue weighted by Crippen LogP contribution is 2.22. The molecule has 0 aliphatic carbocycles. The molecule has 0 radical (unpaired) electrons. The smallest absolute Gasteiger partial charge is 0.191 e. The zero-order chi connectivity index (χ0) is 18.3. The van der Waals surface area contributed by atoms with Gasteiger partial charge in [0.2, 0.25) is 0 Å². The summed E-state index contributed by atoms with van der Waals surface area (Å²) in [6.45, 7) is 12.5. The summed E-state index contributed by atoms with van der Waals surface area (Å²) in [5.74, 6) is 0.910. The van der Waals surface area contributed by atoms with Crippen molar-refractivity contribution in [1.29, 1.82) is 0 Å². The highest BCUT2D eigenvalue weighted by atomic mass is 127. The van der Waals surface area contributed by atoms with Gasteiger partial charge < -0.3 is 15.5 Å². The topological polar surface area (TPSA) is 42.9 Å². The summed E-state index contributed by atoms with van der Waals surface area (Å²) in [5.41, 5.74) is 1.34. The number of nitrogens with one attached hydrogen (secondary N) is 2. The number of nitrogens with zero attached hydrogens (tertiary/aromatic N) is 3. The van der Waals surface area contributed by atoms with Gasteiger partial charge in [0, 0.05) is 44.2 Å². The first-order chi connectivity index (χ1) is 11.9. The van der Waals surface area contributed by atoms with Gasteiger partial charge >= 0.3 is 0 Å². The molecule has 1 atom stereocenters. The second-order valence-electron chi connectivity index (χ2n) is 7.72. The van der Waals surface area contributed by atoms with Gasteiger partial charge in [0.1, 0.15) is 0 Å². The van der Waals surface area contributed by atoms with Gasteiger partial charge in [-0.05, 0) is 26.6 Å². The van der Waals surface area contributed by atoms with Crippen LogP contribution in [0.3, 0.4) is 0 Å². The molecule has 2 N–H and O–H groups in total. The highest BCUT2D eigenvalue weighted by Gasteiger charge is 2.23. The first-order valence-electron chi connectivity index (χ1n) is 9.39. The Balaban J connectivity index is 0.00000338. The maximum atomic E-state index is 4.85. The summed E-state index contributed by atoms with van der Waals surface area (Å²) in [4.78, 5) is 9.69. The molecule has 6 heteroatoms. The predicted octanol–water partition coefficient (Wildman–Crippen LogP) is 2.38. The standard InChI is InChI=1S/C20H35N5.HI/c1-6-21-19(22-14-18-15-24(4)12-13-25(18)5)23-16-20(2,3)17-10-8-7-9-11-17;/h7-11,18H,6,12-16H2,1-5H3,(H2,21,22,23);1H. The summed E-state index contributed by atoms with van der Waals surface area (Å²) in [5, 5.41) is 6.92. The molecule has 1 saturated heterocycles. The van der Waals surface area contributed by atoms with Crippen molar-refractivity contribution in [2.75, 3.05) is 53.4 Å². The number of halogens is 1. The molecule has 5 nitrogen and oxygen atoms in total. The zero-order valence-corrected chi connectivity index (χ0v) is 19.3. The highest BCUT2D eigenvalue weighted by molar-refractivity contribution is 14.0. The van der Waals surface area contributed by atoms with Crippen molar-refractivity contribution in [2.45, 2.75) is 32.2 Å². The third kappa shape index (κ3) is 7.04. The molecule has 1 aromatic rings. The average Bonchev–Trinajstić information content (AvgIpc) is 2.61. The van der Waals surface area contributed by atoms with Crippen molar-refractivity contribution in [2.24, 2.45) is 4.99 Å². The number of aliphatic imine (C=N–C) groups is 1. The maximum absolute atomic E-state index is 4.85. The lowest BCUT2D eigenvalue weighted by Gasteiger charge is -2.38. The van der Waals surface area contributed by atoms with Crippen molar-refractivity contribution in [3.05, 3.63) is 35.9 Å². The van der Waals surface area contributed by atoms with Crippen molar-refractivity contribution < 1.29 is 0 Å². The molecule has 148 valence electrons. The van der Waals surface area contributed by atoms with E-state index in [9.17, 15) is 0 Å². The van der Waals surface area contributed by atoms with Crippen LogP contribution in [0, 0.1) is 0 Å². The second kappa shape index (κ2) is 11.1. The first kappa shape index (κ1) is 23.2. The number of rotatable bonds is 6. The summed E-state index contributed by atoms with van der Waals surface area (Å²) >= 11 is 0. The normalized spacial score (nSPS) is 19.7. The Labute approximate surface area is 176 Å². The predicted molar refractivity (Wildman–Crippen MR) is 123 cm³/mol. The van der Waals surface area contributed by atoms with E-state index >= 15 is 0 Å². The van der Waals surface area contributed by atoms with E-state index in [1.165, 1.54) is 5.56 Å². The Hall–Kier alpha value is -0.860. The minimum atomic E-state index is 0. The molecule has 1 unspecified atom stereocenters. The fourth-order valence-electron chi connectivity index (χ4n) is 3.14. The molecular weight excluding hydrogens is 437 g/mol. The number of hydrogen-bond acceptors (Lipinski definition) is 3. The van der Waals surface area contributed by atoms with Gasteiger partial charge in [-0.15, -0.1) is 24.0 Å². The van der Waals surface area contributed by atoms with E-state index in [4.69, 9.17) is 4.99 Å². The van der Waals surface area contributed by atoms with Crippen molar-refractivity contribution >= 4 is 29.9 Å². The fourth-order valence-corrected chi connectivity index (χ4v) is 3.14.